The maximum atomic E-state index is 11.1. The Balaban J connectivity index is 4.64. The highest BCUT2D eigenvalue weighted by Crippen LogP contribution is 2.18. The van der Waals surface area contributed by atoms with Gasteiger partial charge in [0.05, 0.1) is 0 Å². The molecule has 0 spiro atoms. The molecule has 96 valence electrons. The molecule has 0 amide bonds. The third-order valence-electron chi connectivity index (χ3n) is 2.81. The minimum Gasteiger partial charge on any atom is -0.480 e. The molecule has 4 heteroatoms. The molecule has 0 aliphatic carbocycles. The predicted molar refractivity (Wildman–Crippen MR) is 66.4 cm³/mol. The molecule has 0 fully saturated rings. The monoisotopic (exact) mass is 230 g/mol. The molecule has 0 saturated carbocycles. The van der Waals surface area contributed by atoms with Gasteiger partial charge in [0.1, 0.15) is 6.04 Å². The highest BCUT2D eigenvalue weighted by atomic mass is 16.4. The number of carbonyl (C=O) groups is 1. The van der Waals surface area contributed by atoms with Crippen LogP contribution in [0.15, 0.2) is 0 Å². The lowest BCUT2D eigenvalue weighted by Gasteiger charge is -2.35. The topological polar surface area (TPSA) is 66.6 Å². The Labute approximate surface area is 98.8 Å². The third kappa shape index (κ3) is 4.94. The largest absolute Gasteiger partial charge is 0.480 e. The number of nitrogens with zero attached hydrogens (tertiary/aromatic N) is 1. The maximum absolute atomic E-state index is 11.1. The molecule has 0 aliphatic heterocycles. The number of hydrogen-bond donors (Lipinski definition) is 2. The fraction of sp³-hybridized carbons (Fsp3) is 0.917. The summed E-state index contributed by atoms with van der Waals surface area (Å²) < 4.78 is 0. The number of carboxylic acids is 1. The first kappa shape index (κ1) is 15.4. The first-order valence-electron chi connectivity index (χ1n) is 6.04. The van der Waals surface area contributed by atoms with Crippen molar-refractivity contribution in [1.29, 1.82) is 0 Å². The Hall–Kier alpha value is -0.610. The van der Waals surface area contributed by atoms with Crippen molar-refractivity contribution in [3.63, 3.8) is 0 Å². The first-order valence-corrected chi connectivity index (χ1v) is 6.04. The van der Waals surface area contributed by atoms with E-state index in [-0.39, 0.29) is 11.5 Å². The molecule has 0 aromatic carbocycles. The lowest BCUT2D eigenvalue weighted by molar-refractivity contribution is -0.144. The fourth-order valence-electron chi connectivity index (χ4n) is 1.84. The summed E-state index contributed by atoms with van der Waals surface area (Å²) in [5.74, 6) is -0.733. The van der Waals surface area contributed by atoms with Crippen LogP contribution in [0.3, 0.4) is 0 Å². The number of nitrogens with two attached hydrogens (primary N) is 1. The van der Waals surface area contributed by atoms with Gasteiger partial charge in [0.2, 0.25) is 0 Å². The Bertz CT molecular complexity index is 217. The average molecular weight is 230 g/mol. The molecule has 4 nitrogen and oxygen atoms in total. The molecule has 0 aromatic heterocycles. The van der Waals surface area contributed by atoms with Crippen LogP contribution in [0, 0.1) is 5.41 Å². The van der Waals surface area contributed by atoms with Crippen molar-refractivity contribution in [2.75, 3.05) is 19.6 Å². The van der Waals surface area contributed by atoms with Gasteiger partial charge in [-0.25, -0.2) is 0 Å². The van der Waals surface area contributed by atoms with Crippen LogP contribution in [-0.4, -0.2) is 41.7 Å². The molecule has 0 bridgehead atoms. The van der Waals surface area contributed by atoms with Crippen molar-refractivity contribution >= 4 is 5.97 Å². The van der Waals surface area contributed by atoms with E-state index in [2.05, 4.69) is 20.8 Å². The summed E-state index contributed by atoms with van der Waals surface area (Å²) >= 11 is 0. The zero-order valence-corrected chi connectivity index (χ0v) is 11.0. The predicted octanol–water partition coefficient (Wildman–Crippen LogP) is 1.55. The van der Waals surface area contributed by atoms with Crippen molar-refractivity contribution in [3.05, 3.63) is 0 Å². The van der Waals surface area contributed by atoms with Crippen molar-refractivity contribution in [2.45, 2.75) is 46.6 Å². The fourth-order valence-corrected chi connectivity index (χ4v) is 1.84. The van der Waals surface area contributed by atoms with E-state index >= 15 is 0 Å². The summed E-state index contributed by atoms with van der Waals surface area (Å²) in [5, 5.41) is 9.17. The zero-order chi connectivity index (χ0) is 12.8. The zero-order valence-electron chi connectivity index (χ0n) is 11.0. The van der Waals surface area contributed by atoms with Gasteiger partial charge < -0.3 is 10.8 Å². The van der Waals surface area contributed by atoms with Crippen LogP contribution in [-0.2, 0) is 4.79 Å². The second-order valence-electron chi connectivity index (χ2n) is 5.10. The second kappa shape index (κ2) is 6.86. The molecule has 16 heavy (non-hydrogen) atoms. The quantitative estimate of drug-likeness (QED) is 0.664. The highest BCUT2D eigenvalue weighted by Gasteiger charge is 2.28. The van der Waals surface area contributed by atoms with E-state index in [4.69, 9.17) is 10.8 Å². The minimum absolute atomic E-state index is 0.0297. The Morgan fingerprint density at radius 1 is 1.44 bits per heavy atom. The number of rotatable bonds is 8. The number of hydrogen-bond acceptors (Lipinski definition) is 3. The van der Waals surface area contributed by atoms with Crippen LogP contribution in [0.1, 0.15) is 40.5 Å². The van der Waals surface area contributed by atoms with E-state index in [1.165, 1.54) is 0 Å². The van der Waals surface area contributed by atoms with E-state index in [1.54, 1.807) is 0 Å². The first-order chi connectivity index (χ1) is 7.37. The van der Waals surface area contributed by atoms with Gasteiger partial charge in [-0.1, -0.05) is 27.7 Å². The smallest absolute Gasteiger partial charge is 0.320 e. The molecule has 0 rings (SSSR count). The summed E-state index contributed by atoms with van der Waals surface area (Å²) in [6.45, 7) is 10.3. The van der Waals surface area contributed by atoms with Gasteiger partial charge in [-0.05, 0) is 31.3 Å². The molecule has 3 N–H and O–H groups in total. The third-order valence-corrected chi connectivity index (χ3v) is 2.81. The summed E-state index contributed by atoms with van der Waals surface area (Å²) in [7, 11) is 0. The van der Waals surface area contributed by atoms with E-state index in [0.717, 1.165) is 19.5 Å². The normalized spacial score (nSPS) is 14.1. The van der Waals surface area contributed by atoms with Crippen LogP contribution >= 0.6 is 0 Å². The Morgan fingerprint density at radius 2 is 2.00 bits per heavy atom. The van der Waals surface area contributed by atoms with Gasteiger partial charge in [-0.15, -0.1) is 0 Å². The lowest BCUT2D eigenvalue weighted by atomic mass is 9.92. The highest BCUT2D eigenvalue weighted by molar-refractivity contribution is 5.73. The molecule has 0 aliphatic rings. The van der Waals surface area contributed by atoms with Crippen LogP contribution in [0.25, 0.3) is 0 Å². The molecule has 0 heterocycles. The summed E-state index contributed by atoms with van der Waals surface area (Å²) in [4.78, 5) is 13.2. The van der Waals surface area contributed by atoms with Gasteiger partial charge in [0.25, 0.3) is 0 Å². The minimum atomic E-state index is -0.733. The molecular weight excluding hydrogens is 204 g/mol. The van der Waals surface area contributed by atoms with Gasteiger partial charge in [-0.2, -0.15) is 0 Å². The number of aliphatic carboxylic acids is 1. The van der Waals surface area contributed by atoms with Crippen LogP contribution in [0.5, 0.6) is 0 Å². The molecule has 1 atom stereocenters. The van der Waals surface area contributed by atoms with Gasteiger partial charge >= 0.3 is 5.97 Å². The molecule has 0 saturated heterocycles. The van der Waals surface area contributed by atoms with Gasteiger partial charge in [0.15, 0.2) is 0 Å². The van der Waals surface area contributed by atoms with E-state index in [1.807, 2.05) is 11.8 Å². The summed E-state index contributed by atoms with van der Waals surface area (Å²) in [6.07, 6.45) is 1.60. The van der Waals surface area contributed by atoms with E-state index in [9.17, 15) is 4.79 Å². The van der Waals surface area contributed by atoms with Gasteiger partial charge in [-0.3, -0.25) is 9.69 Å². The van der Waals surface area contributed by atoms with Gasteiger partial charge in [0, 0.05) is 6.54 Å². The van der Waals surface area contributed by atoms with Crippen molar-refractivity contribution in [3.8, 4) is 0 Å². The van der Waals surface area contributed by atoms with Crippen LogP contribution in [0.4, 0.5) is 0 Å². The SMILES string of the molecule is CCCN(CC(C)(C)CN)C(CC)C(=O)O. The summed E-state index contributed by atoms with van der Waals surface area (Å²) in [6, 6.07) is -0.384. The van der Waals surface area contributed by atoms with Crippen LogP contribution in [0.2, 0.25) is 0 Å². The second-order valence-corrected chi connectivity index (χ2v) is 5.10. The van der Waals surface area contributed by atoms with E-state index in [0.29, 0.717) is 13.0 Å². The van der Waals surface area contributed by atoms with Crippen molar-refractivity contribution < 1.29 is 9.90 Å². The van der Waals surface area contributed by atoms with Crippen LogP contribution < -0.4 is 5.73 Å². The molecule has 0 radical (unpaired) electrons. The van der Waals surface area contributed by atoms with E-state index < -0.39 is 5.97 Å². The Kier molecular flexibility index (Phi) is 6.60. The Morgan fingerprint density at radius 3 is 2.31 bits per heavy atom. The average Bonchev–Trinajstić information content (AvgIpc) is 2.18. The molecule has 1 unspecified atom stereocenters. The number of carboxylic acid groups (broad SMARTS) is 1. The standard InChI is InChI=1S/C12H26N2O2/c1-5-7-14(9-12(3,4)8-13)10(6-2)11(15)16/h10H,5-9,13H2,1-4H3,(H,15,16). The molecule has 0 aromatic rings. The molecular formula is C12H26N2O2. The maximum Gasteiger partial charge on any atom is 0.320 e. The van der Waals surface area contributed by atoms with Crippen molar-refractivity contribution in [1.82, 2.24) is 4.90 Å². The summed E-state index contributed by atoms with van der Waals surface area (Å²) in [5.41, 5.74) is 5.66. The van der Waals surface area contributed by atoms with Crippen molar-refractivity contribution in [2.24, 2.45) is 11.1 Å². The lowest BCUT2D eigenvalue weighted by Crippen LogP contribution is -2.47.